The monoisotopic (exact) mass is 451 g/mol. The highest BCUT2D eigenvalue weighted by molar-refractivity contribution is 5.94. The fraction of sp³-hybridized carbons (Fsp3) is 0.464. The van der Waals surface area contributed by atoms with Crippen molar-refractivity contribution >= 4 is 17.7 Å². The molecule has 1 aliphatic heterocycles. The number of anilines is 1. The average molecular weight is 452 g/mol. The van der Waals surface area contributed by atoms with E-state index in [4.69, 9.17) is 9.47 Å². The van der Waals surface area contributed by atoms with Gasteiger partial charge in [0.25, 0.3) is 0 Å². The third-order valence-corrected chi connectivity index (χ3v) is 5.76. The van der Waals surface area contributed by atoms with E-state index in [9.17, 15) is 9.90 Å². The molecule has 1 N–H and O–H groups in total. The van der Waals surface area contributed by atoms with E-state index < -0.39 is 5.97 Å². The number of ether oxygens (including phenoxy) is 2. The van der Waals surface area contributed by atoms with Gasteiger partial charge in [0.05, 0.1) is 6.61 Å². The Morgan fingerprint density at radius 3 is 2.52 bits per heavy atom. The van der Waals surface area contributed by atoms with Crippen LogP contribution in [0.2, 0.25) is 0 Å². The van der Waals surface area contributed by atoms with Crippen molar-refractivity contribution in [1.29, 1.82) is 0 Å². The van der Waals surface area contributed by atoms with Gasteiger partial charge in [0.1, 0.15) is 12.4 Å². The number of rotatable bonds is 11. The standard InChI is InChI=1S/C28H37NO4/c1-4-5-15-32-16-17-33-26-11-8-22(9-12-26)23-10-13-27-25(18-23)19-24(28(30)31)7-6-14-29(27)20-21(2)3/h8-13,18-19,21H,4-7,14-17,20H2,1-3H3,(H,30,31)/b24-19+. The molecule has 0 spiro atoms. The van der Waals surface area contributed by atoms with Gasteiger partial charge in [-0.1, -0.05) is 45.4 Å². The number of carbonyl (C=O) groups is 1. The van der Waals surface area contributed by atoms with Crippen LogP contribution < -0.4 is 9.64 Å². The molecule has 0 aliphatic carbocycles. The molecule has 33 heavy (non-hydrogen) atoms. The first-order valence-corrected chi connectivity index (χ1v) is 12.1. The zero-order chi connectivity index (χ0) is 23.6. The number of hydrogen-bond donors (Lipinski definition) is 1. The van der Waals surface area contributed by atoms with Gasteiger partial charge in [-0.3, -0.25) is 0 Å². The van der Waals surface area contributed by atoms with Crippen molar-refractivity contribution < 1.29 is 19.4 Å². The highest BCUT2D eigenvalue weighted by Gasteiger charge is 2.18. The van der Waals surface area contributed by atoms with Crippen molar-refractivity contribution in [3.63, 3.8) is 0 Å². The van der Waals surface area contributed by atoms with Crippen LogP contribution >= 0.6 is 0 Å². The quantitative estimate of drug-likeness (QED) is 0.408. The van der Waals surface area contributed by atoms with E-state index in [1.165, 1.54) is 0 Å². The molecule has 178 valence electrons. The summed E-state index contributed by atoms with van der Waals surface area (Å²) in [6.45, 7) is 10.3. The van der Waals surface area contributed by atoms with Crippen LogP contribution in [0.1, 0.15) is 52.0 Å². The van der Waals surface area contributed by atoms with E-state index in [-0.39, 0.29) is 0 Å². The first kappa shape index (κ1) is 24.8. The summed E-state index contributed by atoms with van der Waals surface area (Å²) in [7, 11) is 0. The third-order valence-electron chi connectivity index (χ3n) is 5.76. The number of nitrogens with zero attached hydrogens (tertiary/aromatic N) is 1. The van der Waals surface area contributed by atoms with E-state index in [1.807, 2.05) is 30.3 Å². The normalized spacial score (nSPS) is 15.4. The Hall–Kier alpha value is -2.79. The Kier molecular flexibility index (Phi) is 9.37. The summed E-state index contributed by atoms with van der Waals surface area (Å²) < 4.78 is 11.3. The number of aliphatic carboxylic acids is 1. The van der Waals surface area contributed by atoms with Crippen molar-refractivity contribution in [3.05, 3.63) is 53.6 Å². The summed E-state index contributed by atoms with van der Waals surface area (Å²) >= 11 is 0. The Morgan fingerprint density at radius 2 is 1.82 bits per heavy atom. The molecule has 3 rings (SSSR count). The van der Waals surface area contributed by atoms with Crippen LogP contribution in [0.5, 0.6) is 5.75 Å². The van der Waals surface area contributed by atoms with Gasteiger partial charge in [-0.15, -0.1) is 0 Å². The van der Waals surface area contributed by atoms with E-state index in [2.05, 4.69) is 43.9 Å². The van der Waals surface area contributed by atoms with Crippen LogP contribution in [0.25, 0.3) is 17.2 Å². The van der Waals surface area contributed by atoms with Crippen molar-refractivity contribution in [2.45, 2.75) is 46.5 Å². The highest BCUT2D eigenvalue weighted by Crippen LogP contribution is 2.33. The molecule has 0 saturated carbocycles. The lowest BCUT2D eigenvalue weighted by atomic mass is 9.96. The molecule has 0 aromatic heterocycles. The van der Waals surface area contributed by atoms with Crippen LogP contribution in [0, 0.1) is 5.92 Å². The van der Waals surface area contributed by atoms with Gasteiger partial charge in [-0.05, 0) is 72.2 Å². The van der Waals surface area contributed by atoms with Crippen molar-refractivity contribution in [2.24, 2.45) is 5.92 Å². The summed E-state index contributed by atoms with van der Waals surface area (Å²) in [4.78, 5) is 14.1. The molecule has 0 radical (unpaired) electrons. The van der Waals surface area contributed by atoms with Crippen LogP contribution in [-0.4, -0.2) is 44.0 Å². The molecular weight excluding hydrogens is 414 g/mol. The summed E-state index contributed by atoms with van der Waals surface area (Å²) in [6, 6.07) is 14.4. The second kappa shape index (κ2) is 12.4. The molecule has 0 unspecified atom stereocenters. The third kappa shape index (κ3) is 7.36. The predicted molar refractivity (Wildman–Crippen MR) is 135 cm³/mol. The lowest BCUT2D eigenvalue weighted by Crippen LogP contribution is -2.30. The number of carboxylic acid groups (broad SMARTS) is 1. The number of hydrogen-bond acceptors (Lipinski definition) is 4. The number of fused-ring (bicyclic) bond motifs is 1. The lowest BCUT2D eigenvalue weighted by Gasteiger charge is -2.30. The second-order valence-electron chi connectivity index (χ2n) is 9.03. The molecular formula is C28H37NO4. The Bertz CT molecular complexity index is 933. The summed E-state index contributed by atoms with van der Waals surface area (Å²) in [5, 5.41) is 9.64. The molecule has 0 bridgehead atoms. The minimum Gasteiger partial charge on any atom is -0.491 e. The van der Waals surface area contributed by atoms with Crippen LogP contribution in [-0.2, 0) is 9.53 Å². The molecule has 1 aliphatic rings. The SMILES string of the molecule is CCCCOCCOc1ccc(-c2ccc3c(c2)/C=C(/C(=O)O)CCCN3CC(C)C)cc1. The fourth-order valence-electron chi connectivity index (χ4n) is 4.09. The predicted octanol–water partition coefficient (Wildman–Crippen LogP) is 6.27. The van der Waals surface area contributed by atoms with Gasteiger partial charge in [-0.25, -0.2) is 4.79 Å². The smallest absolute Gasteiger partial charge is 0.331 e. The van der Waals surface area contributed by atoms with Gasteiger partial charge in [-0.2, -0.15) is 0 Å². The molecule has 0 amide bonds. The van der Waals surface area contributed by atoms with Gasteiger partial charge >= 0.3 is 5.97 Å². The highest BCUT2D eigenvalue weighted by atomic mass is 16.5. The minimum absolute atomic E-state index is 0.475. The lowest BCUT2D eigenvalue weighted by molar-refractivity contribution is -0.132. The second-order valence-corrected chi connectivity index (χ2v) is 9.03. The number of benzene rings is 2. The maximum absolute atomic E-state index is 11.7. The van der Waals surface area contributed by atoms with Crippen LogP contribution in [0.4, 0.5) is 5.69 Å². The molecule has 1 heterocycles. The molecule has 0 fully saturated rings. The number of carboxylic acids is 1. The molecule has 0 atom stereocenters. The summed E-state index contributed by atoms with van der Waals surface area (Å²) in [6.07, 6.45) is 5.49. The molecule has 5 heteroatoms. The Balaban J connectivity index is 1.78. The average Bonchev–Trinajstić information content (AvgIpc) is 2.78. The maximum atomic E-state index is 11.7. The van der Waals surface area contributed by atoms with Crippen molar-refractivity contribution in [3.8, 4) is 16.9 Å². The van der Waals surface area contributed by atoms with Gasteiger partial charge < -0.3 is 19.5 Å². The van der Waals surface area contributed by atoms with E-state index >= 15 is 0 Å². The van der Waals surface area contributed by atoms with E-state index in [1.54, 1.807) is 0 Å². The van der Waals surface area contributed by atoms with Gasteiger partial charge in [0.15, 0.2) is 0 Å². The fourth-order valence-corrected chi connectivity index (χ4v) is 4.09. The zero-order valence-corrected chi connectivity index (χ0v) is 20.2. The van der Waals surface area contributed by atoms with Gasteiger partial charge in [0.2, 0.25) is 0 Å². The number of unbranched alkanes of at least 4 members (excludes halogenated alkanes) is 1. The van der Waals surface area contributed by atoms with Gasteiger partial charge in [0, 0.05) is 31.0 Å². The topological polar surface area (TPSA) is 59.0 Å². The maximum Gasteiger partial charge on any atom is 0.331 e. The van der Waals surface area contributed by atoms with Crippen LogP contribution in [0.3, 0.4) is 0 Å². The van der Waals surface area contributed by atoms with Crippen LogP contribution in [0.15, 0.2) is 48.0 Å². The Labute approximate surface area is 198 Å². The summed E-state index contributed by atoms with van der Waals surface area (Å²) in [5.41, 5.74) is 4.69. The summed E-state index contributed by atoms with van der Waals surface area (Å²) in [5.74, 6) is 0.522. The van der Waals surface area contributed by atoms with E-state index in [0.29, 0.717) is 31.1 Å². The van der Waals surface area contributed by atoms with Crippen molar-refractivity contribution in [1.82, 2.24) is 0 Å². The molecule has 0 saturated heterocycles. The largest absolute Gasteiger partial charge is 0.491 e. The Morgan fingerprint density at radius 1 is 1.06 bits per heavy atom. The van der Waals surface area contributed by atoms with E-state index in [0.717, 1.165) is 67.1 Å². The first-order valence-electron chi connectivity index (χ1n) is 12.1. The minimum atomic E-state index is -0.830. The molecule has 2 aromatic carbocycles. The molecule has 2 aromatic rings. The first-order chi connectivity index (χ1) is 16.0. The molecule has 5 nitrogen and oxygen atoms in total. The zero-order valence-electron chi connectivity index (χ0n) is 20.2. The van der Waals surface area contributed by atoms with Crippen molar-refractivity contribution in [2.75, 3.05) is 37.8 Å².